The maximum atomic E-state index is 12.7. The summed E-state index contributed by atoms with van der Waals surface area (Å²) in [6.07, 6.45) is 3.25. The summed E-state index contributed by atoms with van der Waals surface area (Å²) in [4.78, 5) is 26.0. The van der Waals surface area contributed by atoms with E-state index in [1.54, 1.807) is 22.0 Å². The maximum Gasteiger partial charge on any atom is 0.308 e. The number of aryl methyl sites for hydroxylation is 2. The zero-order valence-electron chi connectivity index (χ0n) is 13.8. The molecule has 1 saturated heterocycles. The number of aliphatic carboxylic acids is 1. The van der Waals surface area contributed by atoms with Gasteiger partial charge in [-0.1, -0.05) is 24.3 Å². The standard InChI is InChI=1S/C18H21N3O3/c1-3-21-9-13(8-19-21)17(22)20-10-15(16(11-20)18(23)24)14-7-5-4-6-12(14)2/h4-9,15-16H,3,10-11H2,1-2H3,(H,23,24). The van der Waals surface area contributed by atoms with Gasteiger partial charge in [-0.3, -0.25) is 14.3 Å². The molecule has 2 heterocycles. The number of rotatable bonds is 4. The van der Waals surface area contributed by atoms with Crippen molar-refractivity contribution < 1.29 is 14.7 Å². The van der Waals surface area contributed by atoms with E-state index in [1.165, 1.54) is 0 Å². The van der Waals surface area contributed by atoms with Gasteiger partial charge >= 0.3 is 5.97 Å². The fourth-order valence-electron chi connectivity index (χ4n) is 3.37. The molecule has 126 valence electrons. The molecule has 3 rings (SSSR count). The van der Waals surface area contributed by atoms with Gasteiger partial charge in [0.05, 0.1) is 17.7 Å². The molecule has 2 aromatic rings. The van der Waals surface area contributed by atoms with Gasteiger partial charge in [0.25, 0.3) is 5.91 Å². The normalized spacial score (nSPS) is 20.3. The van der Waals surface area contributed by atoms with E-state index in [0.29, 0.717) is 18.7 Å². The van der Waals surface area contributed by atoms with Crippen LogP contribution < -0.4 is 0 Å². The number of aromatic nitrogens is 2. The summed E-state index contributed by atoms with van der Waals surface area (Å²) < 4.78 is 1.69. The van der Waals surface area contributed by atoms with E-state index in [-0.39, 0.29) is 18.4 Å². The Bertz CT molecular complexity index is 768. The van der Waals surface area contributed by atoms with Crippen LogP contribution in [-0.2, 0) is 11.3 Å². The third-order valence-electron chi connectivity index (χ3n) is 4.72. The van der Waals surface area contributed by atoms with Crippen molar-refractivity contribution in [3.63, 3.8) is 0 Å². The fraction of sp³-hybridized carbons (Fsp3) is 0.389. The van der Waals surface area contributed by atoms with Gasteiger partial charge in [0.15, 0.2) is 0 Å². The van der Waals surface area contributed by atoms with E-state index in [0.717, 1.165) is 11.1 Å². The zero-order valence-corrected chi connectivity index (χ0v) is 13.8. The highest BCUT2D eigenvalue weighted by Crippen LogP contribution is 2.35. The molecule has 0 spiro atoms. The Hall–Kier alpha value is -2.63. The molecule has 1 N–H and O–H groups in total. The second-order valence-corrected chi connectivity index (χ2v) is 6.20. The molecule has 0 saturated carbocycles. The second kappa shape index (κ2) is 6.47. The van der Waals surface area contributed by atoms with E-state index >= 15 is 0 Å². The Labute approximate surface area is 140 Å². The number of benzene rings is 1. The molecule has 2 atom stereocenters. The van der Waals surface area contributed by atoms with Crippen LogP contribution >= 0.6 is 0 Å². The molecule has 0 radical (unpaired) electrons. The smallest absolute Gasteiger partial charge is 0.308 e. The number of hydrogen-bond donors (Lipinski definition) is 1. The molecule has 1 aromatic heterocycles. The van der Waals surface area contributed by atoms with Crippen LogP contribution in [0.4, 0.5) is 0 Å². The highest BCUT2D eigenvalue weighted by Gasteiger charge is 2.41. The summed E-state index contributed by atoms with van der Waals surface area (Å²) in [6.45, 7) is 5.26. The molecule has 1 aliphatic rings. The molecule has 1 aromatic carbocycles. The van der Waals surface area contributed by atoms with Crippen molar-refractivity contribution in [1.82, 2.24) is 14.7 Å². The molecular formula is C18H21N3O3. The Morgan fingerprint density at radius 2 is 2.04 bits per heavy atom. The molecule has 0 bridgehead atoms. The number of carbonyl (C=O) groups is 2. The van der Waals surface area contributed by atoms with Crippen LogP contribution in [-0.4, -0.2) is 44.8 Å². The predicted octanol–water partition coefficient (Wildman–Crippen LogP) is 2.15. The Morgan fingerprint density at radius 1 is 1.29 bits per heavy atom. The lowest BCUT2D eigenvalue weighted by atomic mass is 9.86. The molecule has 6 nitrogen and oxygen atoms in total. The van der Waals surface area contributed by atoms with E-state index < -0.39 is 11.9 Å². The Morgan fingerprint density at radius 3 is 2.67 bits per heavy atom. The molecule has 0 aliphatic carbocycles. The summed E-state index contributed by atoms with van der Waals surface area (Å²) >= 11 is 0. The van der Waals surface area contributed by atoms with Crippen molar-refractivity contribution in [3.05, 3.63) is 53.3 Å². The van der Waals surface area contributed by atoms with Gasteiger partial charge in [0.2, 0.25) is 0 Å². The van der Waals surface area contributed by atoms with Gasteiger partial charge in [0, 0.05) is 31.7 Å². The van der Waals surface area contributed by atoms with Crippen molar-refractivity contribution in [3.8, 4) is 0 Å². The molecule has 24 heavy (non-hydrogen) atoms. The minimum atomic E-state index is -0.859. The van der Waals surface area contributed by atoms with E-state index in [9.17, 15) is 14.7 Å². The van der Waals surface area contributed by atoms with E-state index in [2.05, 4.69) is 5.10 Å². The average Bonchev–Trinajstić information content (AvgIpc) is 3.22. The minimum absolute atomic E-state index is 0.156. The largest absolute Gasteiger partial charge is 0.481 e. The summed E-state index contributed by atoms with van der Waals surface area (Å²) in [5.74, 6) is -1.79. The van der Waals surface area contributed by atoms with Crippen LogP contribution in [0.5, 0.6) is 0 Å². The van der Waals surface area contributed by atoms with Crippen molar-refractivity contribution in [1.29, 1.82) is 0 Å². The van der Waals surface area contributed by atoms with Gasteiger partial charge in [-0.05, 0) is 25.0 Å². The number of amides is 1. The monoisotopic (exact) mass is 327 g/mol. The van der Waals surface area contributed by atoms with Crippen molar-refractivity contribution in [2.45, 2.75) is 26.3 Å². The lowest BCUT2D eigenvalue weighted by Crippen LogP contribution is -2.29. The SMILES string of the molecule is CCn1cc(C(=O)N2CC(C(=O)O)C(c3ccccc3C)C2)cn1. The number of hydrogen-bond acceptors (Lipinski definition) is 3. The van der Waals surface area contributed by atoms with Gasteiger partial charge in [-0.25, -0.2) is 0 Å². The fourth-order valence-corrected chi connectivity index (χ4v) is 3.37. The van der Waals surface area contributed by atoms with Gasteiger partial charge in [0.1, 0.15) is 0 Å². The van der Waals surface area contributed by atoms with Crippen molar-refractivity contribution in [2.24, 2.45) is 5.92 Å². The number of carboxylic acid groups (broad SMARTS) is 1. The van der Waals surface area contributed by atoms with Crippen molar-refractivity contribution >= 4 is 11.9 Å². The lowest BCUT2D eigenvalue weighted by Gasteiger charge is -2.17. The minimum Gasteiger partial charge on any atom is -0.481 e. The number of likely N-dealkylation sites (tertiary alicyclic amines) is 1. The first-order valence-corrected chi connectivity index (χ1v) is 8.11. The maximum absolute atomic E-state index is 12.7. The molecule has 2 unspecified atom stereocenters. The van der Waals surface area contributed by atoms with Crippen LogP contribution in [0.2, 0.25) is 0 Å². The molecular weight excluding hydrogens is 306 g/mol. The average molecular weight is 327 g/mol. The Kier molecular flexibility index (Phi) is 4.38. The first-order chi connectivity index (χ1) is 11.5. The van der Waals surface area contributed by atoms with E-state index in [1.807, 2.05) is 38.1 Å². The summed E-state index contributed by atoms with van der Waals surface area (Å²) in [5.41, 5.74) is 2.57. The number of carboxylic acids is 1. The van der Waals surface area contributed by atoms with Crippen molar-refractivity contribution in [2.75, 3.05) is 13.1 Å². The highest BCUT2D eigenvalue weighted by atomic mass is 16.4. The van der Waals surface area contributed by atoms with E-state index in [4.69, 9.17) is 0 Å². The van der Waals surface area contributed by atoms with Crippen LogP contribution in [0.15, 0.2) is 36.7 Å². The zero-order chi connectivity index (χ0) is 17.3. The lowest BCUT2D eigenvalue weighted by molar-refractivity contribution is -0.141. The number of carbonyl (C=O) groups excluding carboxylic acids is 1. The molecule has 1 amide bonds. The van der Waals surface area contributed by atoms with Gasteiger partial charge in [-0.2, -0.15) is 5.10 Å². The van der Waals surface area contributed by atoms with Crippen LogP contribution in [0.1, 0.15) is 34.3 Å². The predicted molar refractivity (Wildman–Crippen MR) is 88.9 cm³/mol. The first kappa shape index (κ1) is 16.2. The highest BCUT2D eigenvalue weighted by molar-refractivity contribution is 5.94. The van der Waals surface area contributed by atoms with Gasteiger partial charge in [-0.15, -0.1) is 0 Å². The summed E-state index contributed by atoms with van der Waals surface area (Å²) in [6, 6.07) is 7.78. The van der Waals surface area contributed by atoms with Crippen LogP contribution in [0.25, 0.3) is 0 Å². The molecule has 1 fully saturated rings. The Balaban J connectivity index is 1.86. The third-order valence-corrected chi connectivity index (χ3v) is 4.72. The quantitative estimate of drug-likeness (QED) is 0.933. The topological polar surface area (TPSA) is 75.4 Å². The summed E-state index contributed by atoms with van der Waals surface area (Å²) in [7, 11) is 0. The summed E-state index contributed by atoms with van der Waals surface area (Å²) in [5, 5.41) is 13.7. The van der Waals surface area contributed by atoms with Crippen LogP contribution in [0, 0.1) is 12.8 Å². The van der Waals surface area contributed by atoms with Gasteiger partial charge < -0.3 is 10.0 Å². The first-order valence-electron chi connectivity index (χ1n) is 8.11. The molecule has 6 heteroatoms. The number of nitrogens with zero attached hydrogens (tertiary/aromatic N) is 3. The molecule has 1 aliphatic heterocycles. The third kappa shape index (κ3) is 2.91. The van der Waals surface area contributed by atoms with Crippen LogP contribution in [0.3, 0.4) is 0 Å². The second-order valence-electron chi connectivity index (χ2n) is 6.20.